The molecule has 1 saturated carbocycles. The zero-order valence-corrected chi connectivity index (χ0v) is 14.1. The second kappa shape index (κ2) is 6.64. The lowest BCUT2D eigenvalue weighted by Gasteiger charge is -2.16. The number of ether oxygens (including phenoxy) is 1. The molecule has 2 aromatic rings. The van der Waals surface area contributed by atoms with Crippen LogP contribution in [0.5, 0.6) is 0 Å². The number of amides is 1. The molecule has 0 bridgehead atoms. The van der Waals surface area contributed by atoms with Gasteiger partial charge in [-0.3, -0.25) is 0 Å². The van der Waals surface area contributed by atoms with Crippen LogP contribution < -0.4 is 5.32 Å². The van der Waals surface area contributed by atoms with Crippen molar-refractivity contribution in [1.29, 1.82) is 0 Å². The van der Waals surface area contributed by atoms with Gasteiger partial charge in [-0.05, 0) is 34.6 Å². The van der Waals surface area contributed by atoms with Crippen LogP contribution in [0.4, 0.5) is 4.79 Å². The summed E-state index contributed by atoms with van der Waals surface area (Å²) >= 11 is 0. The molecule has 1 amide bonds. The third-order valence-corrected chi connectivity index (χ3v) is 5.10. The molecule has 1 atom stereocenters. The Bertz CT molecular complexity index is 786. The van der Waals surface area contributed by atoms with Gasteiger partial charge in [-0.2, -0.15) is 0 Å². The monoisotopic (exact) mass is 331 g/mol. The predicted molar refractivity (Wildman–Crippen MR) is 98.2 cm³/mol. The summed E-state index contributed by atoms with van der Waals surface area (Å²) in [5.74, 6) is 3.39. The molecule has 3 heteroatoms. The van der Waals surface area contributed by atoms with Gasteiger partial charge in [0.2, 0.25) is 0 Å². The fourth-order valence-corrected chi connectivity index (χ4v) is 3.64. The third kappa shape index (κ3) is 3.25. The first kappa shape index (κ1) is 15.8. The zero-order chi connectivity index (χ0) is 17.2. The van der Waals surface area contributed by atoms with E-state index in [0.717, 1.165) is 6.42 Å². The van der Waals surface area contributed by atoms with Gasteiger partial charge in [0.05, 0.1) is 6.04 Å². The van der Waals surface area contributed by atoms with E-state index < -0.39 is 6.09 Å². The highest BCUT2D eigenvalue weighted by Gasteiger charge is 2.30. The van der Waals surface area contributed by atoms with Crippen molar-refractivity contribution in [3.05, 3.63) is 59.7 Å². The van der Waals surface area contributed by atoms with Crippen molar-refractivity contribution in [2.75, 3.05) is 6.61 Å². The second-order valence-electron chi connectivity index (χ2n) is 6.87. The van der Waals surface area contributed by atoms with Crippen LogP contribution in [-0.2, 0) is 4.74 Å². The molecule has 2 aliphatic rings. The molecule has 25 heavy (non-hydrogen) atoms. The SMILES string of the molecule is C#CC(CC1CC1)NC(=O)OCC1c2ccccc2-c2ccccc21. The van der Waals surface area contributed by atoms with Crippen LogP contribution in [0, 0.1) is 18.3 Å². The lowest BCUT2D eigenvalue weighted by atomic mass is 9.98. The Morgan fingerprint density at radius 2 is 1.72 bits per heavy atom. The van der Waals surface area contributed by atoms with Gasteiger partial charge in [0.15, 0.2) is 0 Å². The molecule has 126 valence electrons. The summed E-state index contributed by atoms with van der Waals surface area (Å²) in [6.45, 7) is 0.320. The molecule has 0 heterocycles. The molecule has 0 spiro atoms. The second-order valence-corrected chi connectivity index (χ2v) is 6.87. The number of terminal acetylenes is 1. The molecule has 0 aliphatic heterocycles. The van der Waals surface area contributed by atoms with Gasteiger partial charge < -0.3 is 10.1 Å². The van der Waals surface area contributed by atoms with Crippen molar-refractivity contribution in [1.82, 2.24) is 5.32 Å². The van der Waals surface area contributed by atoms with Gasteiger partial charge in [-0.15, -0.1) is 6.42 Å². The fourth-order valence-electron chi connectivity index (χ4n) is 3.64. The van der Waals surface area contributed by atoms with Gasteiger partial charge in [0.25, 0.3) is 0 Å². The molecule has 1 N–H and O–H groups in total. The van der Waals surface area contributed by atoms with Gasteiger partial charge in [0.1, 0.15) is 6.61 Å². The fraction of sp³-hybridized carbons (Fsp3) is 0.318. The minimum Gasteiger partial charge on any atom is -0.449 e. The summed E-state index contributed by atoms with van der Waals surface area (Å²) in [6.07, 6.45) is 8.37. The van der Waals surface area contributed by atoms with Crippen LogP contribution in [0.15, 0.2) is 48.5 Å². The molecule has 1 unspecified atom stereocenters. The summed E-state index contributed by atoms with van der Waals surface area (Å²) in [5.41, 5.74) is 4.87. The Kier molecular flexibility index (Phi) is 4.19. The number of carbonyl (C=O) groups is 1. The molecular weight excluding hydrogens is 310 g/mol. The van der Waals surface area contributed by atoms with E-state index in [1.54, 1.807) is 0 Å². The largest absolute Gasteiger partial charge is 0.449 e. The first-order chi connectivity index (χ1) is 12.3. The molecular formula is C22H21NO2. The maximum Gasteiger partial charge on any atom is 0.408 e. The number of hydrogen-bond acceptors (Lipinski definition) is 2. The third-order valence-electron chi connectivity index (χ3n) is 5.10. The smallest absolute Gasteiger partial charge is 0.408 e. The molecule has 0 aromatic heterocycles. The first-order valence-corrected chi connectivity index (χ1v) is 8.84. The van der Waals surface area contributed by atoms with Crippen molar-refractivity contribution in [3.63, 3.8) is 0 Å². The normalized spacial score (nSPS) is 16.4. The number of hydrogen-bond donors (Lipinski definition) is 1. The zero-order valence-electron chi connectivity index (χ0n) is 14.1. The van der Waals surface area contributed by atoms with Crippen molar-refractivity contribution < 1.29 is 9.53 Å². The lowest BCUT2D eigenvalue weighted by Crippen LogP contribution is -2.35. The van der Waals surface area contributed by atoms with Crippen LogP contribution in [-0.4, -0.2) is 18.7 Å². The quantitative estimate of drug-likeness (QED) is 0.828. The number of fused-ring (bicyclic) bond motifs is 3. The molecule has 0 radical (unpaired) electrons. The van der Waals surface area contributed by atoms with E-state index in [-0.39, 0.29) is 12.0 Å². The standard InChI is InChI=1S/C22H21NO2/c1-2-16(13-15-11-12-15)23-22(24)25-14-21-19-9-5-3-7-17(19)18-8-4-6-10-20(18)21/h1,3-10,15-16,21H,11-14H2,(H,23,24). The summed E-state index contributed by atoms with van der Waals surface area (Å²) < 4.78 is 5.53. The molecule has 4 rings (SSSR count). The summed E-state index contributed by atoms with van der Waals surface area (Å²) in [7, 11) is 0. The highest BCUT2D eigenvalue weighted by Crippen LogP contribution is 2.44. The van der Waals surface area contributed by atoms with Crippen LogP contribution in [0.1, 0.15) is 36.3 Å². The maximum atomic E-state index is 12.2. The van der Waals surface area contributed by atoms with E-state index in [2.05, 4.69) is 35.5 Å². The first-order valence-electron chi connectivity index (χ1n) is 8.84. The van der Waals surface area contributed by atoms with Crippen molar-refractivity contribution in [3.8, 4) is 23.5 Å². The number of nitrogens with one attached hydrogen (secondary N) is 1. The number of alkyl carbamates (subject to hydrolysis) is 1. The Hall–Kier alpha value is -2.73. The average Bonchev–Trinajstić information content (AvgIpc) is 3.40. The van der Waals surface area contributed by atoms with E-state index >= 15 is 0 Å². The average molecular weight is 331 g/mol. The van der Waals surface area contributed by atoms with Crippen LogP contribution in [0.2, 0.25) is 0 Å². The van der Waals surface area contributed by atoms with Crippen LogP contribution in [0.3, 0.4) is 0 Å². The van der Waals surface area contributed by atoms with Crippen LogP contribution >= 0.6 is 0 Å². The predicted octanol–water partition coefficient (Wildman–Crippen LogP) is 4.33. The highest BCUT2D eigenvalue weighted by atomic mass is 16.5. The molecule has 3 nitrogen and oxygen atoms in total. The number of rotatable bonds is 5. The van der Waals surface area contributed by atoms with E-state index in [4.69, 9.17) is 11.2 Å². The van der Waals surface area contributed by atoms with Crippen molar-refractivity contribution in [2.45, 2.75) is 31.2 Å². The van der Waals surface area contributed by atoms with E-state index in [9.17, 15) is 4.79 Å². The minimum absolute atomic E-state index is 0.0749. The lowest BCUT2D eigenvalue weighted by molar-refractivity contribution is 0.140. The summed E-state index contributed by atoms with van der Waals surface area (Å²) in [5, 5.41) is 2.81. The van der Waals surface area contributed by atoms with Gasteiger partial charge in [0, 0.05) is 5.92 Å². The highest BCUT2D eigenvalue weighted by molar-refractivity contribution is 5.79. The summed E-state index contributed by atoms with van der Waals surface area (Å²) in [6, 6.07) is 16.4. The number of benzene rings is 2. The maximum absolute atomic E-state index is 12.2. The molecule has 1 fully saturated rings. The molecule has 0 saturated heterocycles. The van der Waals surface area contributed by atoms with E-state index in [1.165, 1.54) is 35.1 Å². The Morgan fingerprint density at radius 3 is 2.28 bits per heavy atom. The van der Waals surface area contributed by atoms with Crippen molar-refractivity contribution in [2.24, 2.45) is 5.92 Å². The Labute approximate surface area is 148 Å². The number of carbonyl (C=O) groups excluding carboxylic acids is 1. The van der Waals surface area contributed by atoms with Gasteiger partial charge in [-0.25, -0.2) is 4.79 Å². The van der Waals surface area contributed by atoms with Gasteiger partial charge in [-0.1, -0.05) is 67.3 Å². The topological polar surface area (TPSA) is 38.3 Å². The van der Waals surface area contributed by atoms with Crippen molar-refractivity contribution >= 4 is 6.09 Å². The summed E-state index contributed by atoms with van der Waals surface area (Å²) in [4.78, 5) is 12.2. The molecule has 2 aliphatic carbocycles. The Morgan fingerprint density at radius 1 is 1.12 bits per heavy atom. The molecule has 2 aromatic carbocycles. The van der Waals surface area contributed by atoms with Gasteiger partial charge >= 0.3 is 6.09 Å². The Balaban J connectivity index is 1.44. The van der Waals surface area contributed by atoms with Crippen LogP contribution in [0.25, 0.3) is 11.1 Å². The minimum atomic E-state index is -0.425. The van der Waals surface area contributed by atoms with E-state index in [1.807, 2.05) is 24.3 Å². The van der Waals surface area contributed by atoms with E-state index in [0.29, 0.717) is 12.5 Å².